The van der Waals surface area contributed by atoms with Crippen LogP contribution in [-0.4, -0.2) is 39.9 Å². The number of hydrogen-bond acceptors (Lipinski definition) is 6. The van der Waals surface area contributed by atoms with Gasteiger partial charge in [0.15, 0.2) is 10.4 Å². The Labute approximate surface area is 162 Å². The normalized spacial score (nSPS) is 19.1. The molecule has 0 spiro atoms. The van der Waals surface area contributed by atoms with E-state index in [0.717, 1.165) is 5.56 Å². The first kappa shape index (κ1) is 17.6. The van der Waals surface area contributed by atoms with E-state index in [1.165, 1.54) is 10.7 Å². The van der Waals surface area contributed by atoms with Crippen molar-refractivity contribution in [2.75, 3.05) is 13.2 Å². The van der Waals surface area contributed by atoms with Crippen molar-refractivity contribution in [3.63, 3.8) is 0 Å². The third-order valence-corrected chi connectivity index (χ3v) is 4.71. The lowest BCUT2D eigenvalue weighted by Gasteiger charge is -2.20. The smallest absolute Gasteiger partial charge is 0.287 e. The van der Waals surface area contributed by atoms with E-state index in [1.807, 2.05) is 12.1 Å². The Hall–Kier alpha value is -2.78. The summed E-state index contributed by atoms with van der Waals surface area (Å²) in [6, 6.07) is 9.15. The molecular formula is C18H15BrN4O4. The summed E-state index contributed by atoms with van der Waals surface area (Å²) in [5.74, 6) is -0.196. The van der Waals surface area contributed by atoms with Gasteiger partial charge in [-0.1, -0.05) is 0 Å². The van der Waals surface area contributed by atoms with Gasteiger partial charge in [-0.25, -0.2) is 4.68 Å². The molecule has 1 aliphatic rings. The number of aromatic nitrogens is 3. The summed E-state index contributed by atoms with van der Waals surface area (Å²) in [4.78, 5) is 28.7. The van der Waals surface area contributed by atoms with Crippen LogP contribution in [0.15, 0.2) is 62.7 Å². The van der Waals surface area contributed by atoms with E-state index < -0.39 is 12.1 Å². The van der Waals surface area contributed by atoms with Gasteiger partial charge in [0.1, 0.15) is 6.04 Å². The van der Waals surface area contributed by atoms with Gasteiger partial charge in [0.25, 0.3) is 11.5 Å². The Morgan fingerprint density at radius 3 is 2.70 bits per heavy atom. The quantitative estimate of drug-likeness (QED) is 0.679. The van der Waals surface area contributed by atoms with Crippen LogP contribution in [0.2, 0.25) is 0 Å². The van der Waals surface area contributed by atoms with Crippen molar-refractivity contribution in [1.82, 2.24) is 20.1 Å². The standard InChI is InChI=1S/C18H15BrN4O4/c19-16-3-2-15(27-16)18(25)21-13-9-26-10-14(13)23-17(24)4-1-12(22-23)11-5-7-20-8-6-11/h1-8,13-14H,9-10H2,(H,21,25). The van der Waals surface area contributed by atoms with Crippen LogP contribution in [0.1, 0.15) is 16.6 Å². The fraction of sp³-hybridized carbons (Fsp3) is 0.222. The molecule has 138 valence electrons. The van der Waals surface area contributed by atoms with Crippen LogP contribution in [0.5, 0.6) is 0 Å². The Morgan fingerprint density at radius 2 is 1.96 bits per heavy atom. The molecule has 0 aromatic carbocycles. The van der Waals surface area contributed by atoms with Gasteiger partial charge < -0.3 is 14.5 Å². The Balaban J connectivity index is 1.60. The van der Waals surface area contributed by atoms with Gasteiger partial charge in [-0.15, -0.1) is 0 Å². The molecule has 27 heavy (non-hydrogen) atoms. The van der Waals surface area contributed by atoms with Crippen molar-refractivity contribution in [3.8, 4) is 11.3 Å². The number of furan rings is 1. The third kappa shape index (κ3) is 3.69. The zero-order valence-corrected chi connectivity index (χ0v) is 15.6. The van der Waals surface area contributed by atoms with Crippen molar-refractivity contribution < 1.29 is 13.9 Å². The lowest BCUT2D eigenvalue weighted by atomic mass is 10.1. The SMILES string of the molecule is O=C(NC1COCC1n1nc(-c2ccncc2)ccc1=O)c1ccc(Br)o1. The number of carbonyl (C=O) groups is 1. The first-order valence-corrected chi connectivity index (χ1v) is 9.05. The maximum atomic E-state index is 12.4. The molecule has 1 aliphatic heterocycles. The maximum Gasteiger partial charge on any atom is 0.287 e. The second kappa shape index (κ2) is 7.45. The van der Waals surface area contributed by atoms with E-state index >= 15 is 0 Å². The van der Waals surface area contributed by atoms with Gasteiger partial charge in [-0.2, -0.15) is 5.10 Å². The third-order valence-electron chi connectivity index (χ3n) is 4.28. The average molecular weight is 431 g/mol. The van der Waals surface area contributed by atoms with E-state index in [2.05, 4.69) is 31.3 Å². The molecule has 0 saturated carbocycles. The van der Waals surface area contributed by atoms with Gasteiger partial charge >= 0.3 is 0 Å². The number of halogens is 1. The summed E-state index contributed by atoms with van der Waals surface area (Å²) < 4.78 is 12.6. The number of nitrogens with one attached hydrogen (secondary N) is 1. The van der Waals surface area contributed by atoms with E-state index in [1.54, 1.807) is 30.6 Å². The molecule has 4 heterocycles. The highest BCUT2D eigenvalue weighted by Gasteiger charge is 2.33. The number of hydrogen-bond donors (Lipinski definition) is 1. The molecule has 9 heteroatoms. The first-order chi connectivity index (χ1) is 13.1. The van der Waals surface area contributed by atoms with Crippen LogP contribution in [0.3, 0.4) is 0 Å². The molecule has 3 aromatic heterocycles. The predicted molar refractivity (Wildman–Crippen MR) is 99.2 cm³/mol. The highest BCUT2D eigenvalue weighted by molar-refractivity contribution is 9.10. The summed E-state index contributed by atoms with van der Waals surface area (Å²) in [5.41, 5.74) is 1.23. The summed E-state index contributed by atoms with van der Waals surface area (Å²) in [7, 11) is 0. The summed E-state index contributed by atoms with van der Waals surface area (Å²) in [6.07, 6.45) is 3.32. The fourth-order valence-corrected chi connectivity index (χ4v) is 3.24. The topological polar surface area (TPSA) is 99.2 Å². The van der Waals surface area contributed by atoms with E-state index in [-0.39, 0.29) is 30.4 Å². The van der Waals surface area contributed by atoms with Crippen molar-refractivity contribution in [2.24, 2.45) is 0 Å². The number of carbonyl (C=O) groups excluding carboxylic acids is 1. The lowest BCUT2D eigenvalue weighted by Crippen LogP contribution is -2.44. The molecule has 3 aromatic rings. The molecule has 0 radical (unpaired) electrons. The van der Waals surface area contributed by atoms with E-state index in [9.17, 15) is 9.59 Å². The van der Waals surface area contributed by atoms with Crippen molar-refractivity contribution in [3.05, 3.63) is 69.6 Å². The molecule has 1 amide bonds. The minimum atomic E-state index is -0.415. The van der Waals surface area contributed by atoms with Crippen LogP contribution >= 0.6 is 15.9 Å². The Bertz CT molecular complexity index is 1020. The van der Waals surface area contributed by atoms with Crippen LogP contribution in [-0.2, 0) is 4.74 Å². The molecular weight excluding hydrogens is 416 g/mol. The second-order valence-corrected chi connectivity index (χ2v) is 6.81. The Morgan fingerprint density at radius 1 is 1.15 bits per heavy atom. The molecule has 0 aliphatic carbocycles. The molecule has 4 rings (SSSR count). The monoisotopic (exact) mass is 430 g/mol. The second-order valence-electron chi connectivity index (χ2n) is 6.03. The van der Waals surface area contributed by atoms with Crippen LogP contribution in [0.25, 0.3) is 11.3 Å². The lowest BCUT2D eigenvalue weighted by molar-refractivity contribution is 0.0895. The van der Waals surface area contributed by atoms with Gasteiger partial charge in [-0.3, -0.25) is 14.6 Å². The minimum Gasteiger partial charge on any atom is -0.444 e. The van der Waals surface area contributed by atoms with E-state index in [4.69, 9.17) is 9.15 Å². The maximum absolute atomic E-state index is 12.4. The van der Waals surface area contributed by atoms with Gasteiger partial charge in [0.05, 0.1) is 24.9 Å². The van der Waals surface area contributed by atoms with Gasteiger partial charge in [0.2, 0.25) is 0 Å². The molecule has 1 N–H and O–H groups in total. The zero-order valence-electron chi connectivity index (χ0n) is 14.0. The van der Waals surface area contributed by atoms with Crippen molar-refractivity contribution >= 4 is 21.8 Å². The highest BCUT2D eigenvalue weighted by atomic mass is 79.9. The minimum absolute atomic E-state index is 0.179. The van der Waals surface area contributed by atoms with Gasteiger partial charge in [0, 0.05) is 24.0 Å². The van der Waals surface area contributed by atoms with Crippen LogP contribution in [0.4, 0.5) is 0 Å². The highest BCUT2D eigenvalue weighted by Crippen LogP contribution is 2.21. The molecule has 1 fully saturated rings. The zero-order chi connectivity index (χ0) is 18.8. The number of rotatable bonds is 4. The summed E-state index contributed by atoms with van der Waals surface area (Å²) >= 11 is 3.17. The fourth-order valence-electron chi connectivity index (χ4n) is 2.94. The molecule has 1 saturated heterocycles. The number of amides is 1. The van der Waals surface area contributed by atoms with Crippen molar-refractivity contribution in [2.45, 2.75) is 12.1 Å². The predicted octanol–water partition coefficient (Wildman–Crippen LogP) is 2.03. The summed E-state index contributed by atoms with van der Waals surface area (Å²) in [6.45, 7) is 0.561. The van der Waals surface area contributed by atoms with Crippen LogP contribution < -0.4 is 10.9 Å². The summed E-state index contributed by atoms with van der Waals surface area (Å²) in [5, 5.41) is 7.33. The largest absolute Gasteiger partial charge is 0.444 e. The molecule has 2 atom stereocenters. The van der Waals surface area contributed by atoms with Crippen LogP contribution in [0, 0.1) is 0 Å². The Kier molecular flexibility index (Phi) is 4.87. The number of ether oxygens (including phenoxy) is 1. The van der Waals surface area contributed by atoms with Crippen molar-refractivity contribution in [1.29, 1.82) is 0 Å². The number of nitrogens with zero attached hydrogens (tertiary/aromatic N) is 3. The molecule has 8 nitrogen and oxygen atoms in total. The molecule has 0 bridgehead atoms. The van der Waals surface area contributed by atoms with Gasteiger partial charge in [-0.05, 0) is 46.3 Å². The molecule has 2 unspecified atom stereocenters. The first-order valence-electron chi connectivity index (χ1n) is 8.26. The number of pyridine rings is 1. The average Bonchev–Trinajstić information content (AvgIpc) is 3.32. The van der Waals surface area contributed by atoms with E-state index in [0.29, 0.717) is 10.4 Å².